The van der Waals surface area contributed by atoms with Crippen LogP contribution in [0.3, 0.4) is 0 Å². The van der Waals surface area contributed by atoms with Crippen LogP contribution in [0.15, 0.2) is 5.51 Å². The zero-order valence-corrected chi connectivity index (χ0v) is 10.3. The summed E-state index contributed by atoms with van der Waals surface area (Å²) in [7, 11) is 0. The Morgan fingerprint density at radius 1 is 1.36 bits per heavy atom. The number of hydrogen-bond donors (Lipinski definition) is 0. The Kier molecular flexibility index (Phi) is 2.85. The van der Waals surface area contributed by atoms with Crippen LogP contribution in [0, 0.1) is 13.8 Å². The summed E-state index contributed by atoms with van der Waals surface area (Å²) in [4.78, 5) is 11.0. The molecular formula is C9H9ClN2S2. The minimum Gasteiger partial charge on any atom is -0.249 e. The standard InChI is InChI=1S/C9H9ClN2S2/c1-5-7(3-10)14-9(12-5)8-6(2)11-4-13-8/h4H,3H2,1-2H3. The van der Waals surface area contributed by atoms with E-state index < -0.39 is 0 Å². The van der Waals surface area contributed by atoms with Crippen LogP contribution in [0.25, 0.3) is 9.88 Å². The van der Waals surface area contributed by atoms with E-state index >= 15 is 0 Å². The smallest absolute Gasteiger partial charge is 0.135 e. The van der Waals surface area contributed by atoms with Crippen LogP contribution in [0.4, 0.5) is 0 Å². The predicted molar refractivity (Wildman–Crippen MR) is 62.3 cm³/mol. The second kappa shape index (κ2) is 3.96. The maximum absolute atomic E-state index is 5.80. The van der Waals surface area contributed by atoms with Gasteiger partial charge in [-0.2, -0.15) is 0 Å². The Balaban J connectivity index is 2.47. The first kappa shape index (κ1) is 10.1. The molecule has 5 heteroatoms. The molecule has 0 fully saturated rings. The van der Waals surface area contributed by atoms with Crippen LogP contribution in [-0.2, 0) is 5.88 Å². The van der Waals surface area contributed by atoms with Crippen LogP contribution < -0.4 is 0 Å². The maximum atomic E-state index is 5.80. The minimum absolute atomic E-state index is 0.543. The molecule has 2 rings (SSSR count). The molecule has 0 aliphatic heterocycles. The van der Waals surface area contributed by atoms with Crippen molar-refractivity contribution in [3.8, 4) is 9.88 Å². The fourth-order valence-electron chi connectivity index (χ4n) is 1.16. The molecule has 0 unspecified atom stereocenters. The van der Waals surface area contributed by atoms with Crippen LogP contribution in [0.2, 0.25) is 0 Å². The van der Waals surface area contributed by atoms with Gasteiger partial charge < -0.3 is 0 Å². The second-order valence-corrected chi connectivity index (χ2v) is 5.13. The van der Waals surface area contributed by atoms with Crippen molar-refractivity contribution in [3.63, 3.8) is 0 Å². The van der Waals surface area contributed by atoms with E-state index in [0.717, 1.165) is 26.1 Å². The maximum Gasteiger partial charge on any atom is 0.135 e. The van der Waals surface area contributed by atoms with Crippen molar-refractivity contribution in [2.24, 2.45) is 0 Å². The van der Waals surface area contributed by atoms with Gasteiger partial charge in [-0.25, -0.2) is 9.97 Å². The summed E-state index contributed by atoms with van der Waals surface area (Å²) < 4.78 is 0. The summed E-state index contributed by atoms with van der Waals surface area (Å²) in [6.45, 7) is 4.00. The summed E-state index contributed by atoms with van der Waals surface area (Å²) in [6.07, 6.45) is 0. The lowest BCUT2D eigenvalue weighted by Gasteiger charge is -1.89. The Morgan fingerprint density at radius 3 is 2.64 bits per heavy atom. The van der Waals surface area contributed by atoms with E-state index in [1.807, 2.05) is 19.4 Å². The van der Waals surface area contributed by atoms with Gasteiger partial charge in [-0.1, -0.05) is 0 Å². The zero-order valence-electron chi connectivity index (χ0n) is 7.87. The molecule has 0 aromatic carbocycles. The zero-order chi connectivity index (χ0) is 10.1. The first-order valence-corrected chi connectivity index (χ1v) is 6.38. The van der Waals surface area contributed by atoms with E-state index in [4.69, 9.17) is 11.6 Å². The molecule has 2 nitrogen and oxygen atoms in total. The fraction of sp³-hybridized carbons (Fsp3) is 0.333. The lowest BCUT2D eigenvalue weighted by Crippen LogP contribution is -1.78. The van der Waals surface area contributed by atoms with Gasteiger partial charge in [0.05, 0.1) is 27.7 Å². The first-order valence-electron chi connectivity index (χ1n) is 4.15. The third kappa shape index (κ3) is 1.69. The summed E-state index contributed by atoms with van der Waals surface area (Å²) >= 11 is 9.09. The largest absolute Gasteiger partial charge is 0.249 e. The molecule has 0 saturated heterocycles. The Bertz CT molecular complexity index is 447. The molecule has 0 radical (unpaired) electrons. The van der Waals surface area contributed by atoms with Gasteiger partial charge in [-0.15, -0.1) is 34.3 Å². The third-order valence-corrected chi connectivity index (χ3v) is 4.62. The Hall–Kier alpha value is -0.450. The summed E-state index contributed by atoms with van der Waals surface area (Å²) in [6, 6.07) is 0. The summed E-state index contributed by atoms with van der Waals surface area (Å²) in [5.74, 6) is 0.543. The molecule has 0 N–H and O–H groups in total. The lowest BCUT2D eigenvalue weighted by molar-refractivity contribution is 1.21. The van der Waals surface area contributed by atoms with Crippen molar-refractivity contribution in [1.29, 1.82) is 0 Å². The SMILES string of the molecule is Cc1nc(-c2scnc2C)sc1CCl. The van der Waals surface area contributed by atoms with Gasteiger partial charge in [-0.05, 0) is 13.8 Å². The number of thiazole rings is 2. The first-order chi connectivity index (χ1) is 6.72. The van der Waals surface area contributed by atoms with Gasteiger partial charge >= 0.3 is 0 Å². The highest BCUT2D eigenvalue weighted by Crippen LogP contribution is 2.33. The van der Waals surface area contributed by atoms with Crippen molar-refractivity contribution in [1.82, 2.24) is 9.97 Å². The number of aromatic nitrogens is 2. The van der Waals surface area contributed by atoms with E-state index in [1.54, 1.807) is 22.7 Å². The molecule has 14 heavy (non-hydrogen) atoms. The molecule has 74 valence electrons. The highest BCUT2D eigenvalue weighted by atomic mass is 35.5. The molecular weight excluding hydrogens is 236 g/mol. The topological polar surface area (TPSA) is 25.8 Å². The van der Waals surface area contributed by atoms with Crippen molar-refractivity contribution >= 4 is 34.3 Å². The summed E-state index contributed by atoms with van der Waals surface area (Å²) in [5.41, 5.74) is 3.93. The van der Waals surface area contributed by atoms with Crippen molar-refractivity contribution < 1.29 is 0 Å². The Morgan fingerprint density at radius 2 is 2.14 bits per heavy atom. The van der Waals surface area contributed by atoms with Crippen LogP contribution >= 0.6 is 34.3 Å². The monoisotopic (exact) mass is 244 g/mol. The van der Waals surface area contributed by atoms with E-state index in [-0.39, 0.29) is 0 Å². The normalized spacial score (nSPS) is 10.8. The van der Waals surface area contributed by atoms with E-state index in [9.17, 15) is 0 Å². The van der Waals surface area contributed by atoms with E-state index in [0.29, 0.717) is 5.88 Å². The van der Waals surface area contributed by atoms with Crippen molar-refractivity contribution in [3.05, 3.63) is 21.8 Å². The molecule has 0 bridgehead atoms. The molecule has 0 atom stereocenters. The van der Waals surface area contributed by atoms with Gasteiger partial charge in [0, 0.05) is 4.88 Å². The van der Waals surface area contributed by atoms with Crippen LogP contribution in [0.1, 0.15) is 16.3 Å². The quantitative estimate of drug-likeness (QED) is 0.754. The highest BCUT2D eigenvalue weighted by Gasteiger charge is 2.12. The summed E-state index contributed by atoms with van der Waals surface area (Å²) in [5, 5.41) is 1.04. The van der Waals surface area contributed by atoms with Gasteiger partial charge in [0.1, 0.15) is 5.01 Å². The molecule has 0 aliphatic carbocycles. The molecule has 2 heterocycles. The molecule has 2 aromatic heterocycles. The number of nitrogens with zero attached hydrogens (tertiary/aromatic N) is 2. The lowest BCUT2D eigenvalue weighted by atomic mass is 10.4. The second-order valence-electron chi connectivity index (χ2n) is 2.93. The van der Waals surface area contributed by atoms with Gasteiger partial charge in [0.25, 0.3) is 0 Å². The van der Waals surface area contributed by atoms with E-state index in [2.05, 4.69) is 9.97 Å². The van der Waals surface area contributed by atoms with Gasteiger partial charge in [0.2, 0.25) is 0 Å². The number of halogens is 1. The third-order valence-electron chi connectivity index (χ3n) is 1.95. The van der Waals surface area contributed by atoms with Crippen molar-refractivity contribution in [2.45, 2.75) is 19.7 Å². The number of aryl methyl sites for hydroxylation is 2. The number of rotatable bonds is 2. The molecule has 0 amide bonds. The highest BCUT2D eigenvalue weighted by molar-refractivity contribution is 7.21. The average molecular weight is 245 g/mol. The molecule has 0 spiro atoms. The van der Waals surface area contributed by atoms with E-state index in [1.165, 1.54) is 0 Å². The predicted octanol–water partition coefficient (Wildman–Crippen LogP) is 3.62. The average Bonchev–Trinajstić information content (AvgIpc) is 2.71. The number of alkyl halides is 1. The van der Waals surface area contributed by atoms with Crippen LogP contribution in [0.5, 0.6) is 0 Å². The molecule has 2 aromatic rings. The van der Waals surface area contributed by atoms with Gasteiger partial charge in [-0.3, -0.25) is 0 Å². The Labute approximate surface area is 95.6 Å². The van der Waals surface area contributed by atoms with Crippen LogP contribution in [-0.4, -0.2) is 9.97 Å². The molecule has 0 saturated carbocycles. The van der Waals surface area contributed by atoms with Gasteiger partial charge in [0.15, 0.2) is 0 Å². The number of hydrogen-bond acceptors (Lipinski definition) is 4. The van der Waals surface area contributed by atoms with Crippen molar-refractivity contribution in [2.75, 3.05) is 0 Å². The fourth-order valence-corrected chi connectivity index (χ4v) is 3.37. The minimum atomic E-state index is 0.543. The molecule has 0 aliphatic rings.